The molecule has 0 saturated carbocycles. The minimum Gasteiger partial charge on any atom is -0.633 e. The van der Waals surface area contributed by atoms with E-state index in [0.717, 1.165) is 18.8 Å². The highest BCUT2D eigenvalue weighted by Crippen LogP contribution is 2.38. The number of hydroxylamine groups is 3. The summed E-state index contributed by atoms with van der Waals surface area (Å²) >= 11 is 0. The maximum absolute atomic E-state index is 12.5. The number of quaternary nitrogens is 1. The molecule has 0 spiro atoms. The van der Waals surface area contributed by atoms with E-state index in [-0.39, 0.29) is 10.7 Å². The van der Waals surface area contributed by atoms with E-state index in [0.29, 0.717) is 13.1 Å². The molecule has 108 valence electrons. The second-order valence-electron chi connectivity index (χ2n) is 6.27. The van der Waals surface area contributed by atoms with E-state index in [2.05, 4.69) is 40.2 Å². The first kappa shape index (κ1) is 12.8. The fourth-order valence-corrected chi connectivity index (χ4v) is 3.60. The normalized spacial score (nSPS) is 27.3. The summed E-state index contributed by atoms with van der Waals surface area (Å²) in [6.45, 7) is 1.98. The topological polar surface area (TPSA) is 39.2 Å². The zero-order valence-electron chi connectivity index (χ0n) is 12.2. The molecule has 2 aliphatic rings. The smallest absolute Gasteiger partial charge is 0.132 e. The quantitative estimate of drug-likeness (QED) is 0.550. The van der Waals surface area contributed by atoms with E-state index in [9.17, 15) is 5.21 Å². The minimum absolute atomic E-state index is 0.133. The van der Waals surface area contributed by atoms with Gasteiger partial charge in [-0.15, -0.1) is 0 Å². The van der Waals surface area contributed by atoms with Crippen LogP contribution in [0.5, 0.6) is 0 Å². The molecule has 0 radical (unpaired) electrons. The summed E-state index contributed by atoms with van der Waals surface area (Å²) in [6.07, 6.45) is 2.75. The van der Waals surface area contributed by atoms with Crippen LogP contribution in [0.15, 0.2) is 42.6 Å². The van der Waals surface area contributed by atoms with Crippen molar-refractivity contribution in [1.82, 2.24) is 4.98 Å². The number of nitrogens with zero attached hydrogens (tertiary/aromatic N) is 3. The molecule has 0 bridgehead atoms. The van der Waals surface area contributed by atoms with Crippen molar-refractivity contribution in [3.8, 4) is 0 Å². The Labute approximate surface area is 124 Å². The predicted molar refractivity (Wildman–Crippen MR) is 82.9 cm³/mol. The lowest BCUT2D eigenvalue weighted by molar-refractivity contribution is -0.864. The number of rotatable bonds is 0. The van der Waals surface area contributed by atoms with Gasteiger partial charge in [0.1, 0.15) is 18.4 Å². The lowest BCUT2D eigenvalue weighted by Crippen LogP contribution is -2.55. The monoisotopic (exact) mass is 281 g/mol. The van der Waals surface area contributed by atoms with Crippen LogP contribution in [0, 0.1) is 5.21 Å². The Balaban J connectivity index is 1.90. The van der Waals surface area contributed by atoms with Crippen LogP contribution in [-0.2, 0) is 6.42 Å². The average Bonchev–Trinajstić information content (AvgIpc) is 2.60. The Hall–Kier alpha value is -1.91. The third-order valence-corrected chi connectivity index (χ3v) is 4.68. The molecule has 4 rings (SSSR count). The van der Waals surface area contributed by atoms with Crippen molar-refractivity contribution < 1.29 is 4.65 Å². The first-order chi connectivity index (χ1) is 10.1. The molecule has 4 nitrogen and oxygen atoms in total. The third kappa shape index (κ3) is 2.11. The Bertz CT molecular complexity index is 683. The van der Waals surface area contributed by atoms with Crippen LogP contribution in [-0.4, -0.2) is 36.3 Å². The molecule has 3 heterocycles. The molecular formula is C17H19N3O. The Kier molecular flexibility index (Phi) is 2.77. The predicted octanol–water partition coefficient (Wildman–Crippen LogP) is 2.49. The van der Waals surface area contributed by atoms with Crippen LogP contribution >= 0.6 is 0 Å². The van der Waals surface area contributed by atoms with Crippen molar-refractivity contribution >= 4 is 5.82 Å². The van der Waals surface area contributed by atoms with Gasteiger partial charge < -0.3 is 14.8 Å². The van der Waals surface area contributed by atoms with Gasteiger partial charge in [-0.1, -0.05) is 30.3 Å². The van der Waals surface area contributed by atoms with Crippen LogP contribution in [0.25, 0.3) is 0 Å². The van der Waals surface area contributed by atoms with E-state index < -0.39 is 0 Å². The number of hydrogen-bond acceptors (Lipinski definition) is 3. The van der Waals surface area contributed by atoms with E-state index >= 15 is 0 Å². The molecule has 0 unspecified atom stereocenters. The van der Waals surface area contributed by atoms with Crippen LogP contribution in [0.2, 0.25) is 0 Å². The highest BCUT2D eigenvalue weighted by atomic mass is 16.5. The number of hydrogen-bond donors (Lipinski definition) is 0. The lowest BCUT2D eigenvalue weighted by Gasteiger charge is -2.49. The highest BCUT2D eigenvalue weighted by Gasteiger charge is 2.37. The molecule has 1 aromatic heterocycles. The number of piperazine rings is 1. The van der Waals surface area contributed by atoms with E-state index in [1.807, 2.05) is 12.3 Å². The Morgan fingerprint density at radius 1 is 1.19 bits per heavy atom. The van der Waals surface area contributed by atoms with Gasteiger partial charge in [-0.3, -0.25) is 0 Å². The van der Waals surface area contributed by atoms with Gasteiger partial charge >= 0.3 is 0 Å². The summed E-state index contributed by atoms with van der Waals surface area (Å²) in [4.78, 5) is 6.94. The molecule has 1 fully saturated rings. The summed E-state index contributed by atoms with van der Waals surface area (Å²) in [6, 6.07) is 12.8. The molecular weight excluding hydrogens is 262 g/mol. The highest BCUT2D eigenvalue weighted by molar-refractivity contribution is 5.55. The van der Waals surface area contributed by atoms with Crippen molar-refractivity contribution in [2.45, 2.75) is 12.5 Å². The maximum atomic E-state index is 12.5. The largest absolute Gasteiger partial charge is 0.633 e. The molecule has 2 atom stereocenters. The number of benzene rings is 1. The SMILES string of the molecule is C[N@+]1([O-])CCN2c3ncccc3Cc3ccccc3[C@H]2C1. The molecule has 1 aromatic carbocycles. The van der Waals surface area contributed by atoms with E-state index in [1.54, 1.807) is 7.05 Å². The molecule has 4 heteroatoms. The van der Waals surface area contributed by atoms with Crippen LogP contribution in [0.1, 0.15) is 22.7 Å². The van der Waals surface area contributed by atoms with Gasteiger partial charge in [0.15, 0.2) is 0 Å². The van der Waals surface area contributed by atoms with Gasteiger partial charge in [-0.05, 0) is 22.8 Å². The molecule has 2 aromatic rings. The summed E-state index contributed by atoms with van der Waals surface area (Å²) < 4.78 is -0.169. The molecule has 0 amide bonds. The zero-order chi connectivity index (χ0) is 14.4. The zero-order valence-corrected chi connectivity index (χ0v) is 12.2. The first-order valence-corrected chi connectivity index (χ1v) is 7.48. The van der Waals surface area contributed by atoms with Crippen LogP contribution < -0.4 is 4.90 Å². The number of aromatic nitrogens is 1. The standard InChI is InChI=1S/C17H19N3O/c1-20(21)10-9-19-16(12-20)15-7-3-2-5-13(15)11-14-6-4-8-18-17(14)19/h2-8,16H,9-12H2,1H3/t16-,20+/m1/s1. The van der Waals surface area contributed by atoms with Crippen molar-refractivity contribution in [3.05, 3.63) is 64.5 Å². The van der Waals surface area contributed by atoms with Gasteiger partial charge in [0.2, 0.25) is 0 Å². The summed E-state index contributed by atoms with van der Waals surface area (Å²) in [5.41, 5.74) is 3.87. The Morgan fingerprint density at radius 3 is 2.90 bits per heavy atom. The first-order valence-electron chi connectivity index (χ1n) is 7.48. The van der Waals surface area contributed by atoms with Gasteiger partial charge in [0.05, 0.1) is 20.1 Å². The van der Waals surface area contributed by atoms with Gasteiger partial charge in [-0.2, -0.15) is 0 Å². The fraction of sp³-hybridized carbons (Fsp3) is 0.353. The number of pyridine rings is 1. The third-order valence-electron chi connectivity index (χ3n) is 4.68. The van der Waals surface area contributed by atoms with Gasteiger partial charge in [-0.25, -0.2) is 4.98 Å². The number of anilines is 1. The van der Waals surface area contributed by atoms with Gasteiger partial charge in [0, 0.05) is 12.6 Å². The summed E-state index contributed by atoms with van der Waals surface area (Å²) in [5.74, 6) is 1.05. The fourth-order valence-electron chi connectivity index (χ4n) is 3.60. The summed E-state index contributed by atoms with van der Waals surface area (Å²) in [5, 5.41) is 12.5. The van der Waals surface area contributed by atoms with E-state index in [1.165, 1.54) is 16.7 Å². The van der Waals surface area contributed by atoms with Crippen molar-refractivity contribution in [2.24, 2.45) is 0 Å². The van der Waals surface area contributed by atoms with Crippen molar-refractivity contribution in [3.63, 3.8) is 0 Å². The van der Waals surface area contributed by atoms with Crippen LogP contribution in [0.3, 0.4) is 0 Å². The van der Waals surface area contributed by atoms with Crippen LogP contribution in [0.4, 0.5) is 5.82 Å². The summed E-state index contributed by atoms with van der Waals surface area (Å²) in [7, 11) is 1.78. The number of fused-ring (bicyclic) bond motifs is 5. The maximum Gasteiger partial charge on any atom is 0.132 e. The lowest BCUT2D eigenvalue weighted by atomic mass is 9.96. The molecule has 21 heavy (non-hydrogen) atoms. The molecule has 2 aliphatic heterocycles. The second-order valence-corrected chi connectivity index (χ2v) is 6.27. The van der Waals surface area contributed by atoms with Crippen molar-refractivity contribution in [1.29, 1.82) is 0 Å². The number of likely N-dealkylation sites (N-methyl/N-ethyl adjacent to an activating group) is 1. The average molecular weight is 281 g/mol. The minimum atomic E-state index is -0.169. The van der Waals surface area contributed by atoms with Gasteiger partial charge in [0.25, 0.3) is 0 Å². The molecule has 1 saturated heterocycles. The van der Waals surface area contributed by atoms with E-state index in [4.69, 9.17) is 0 Å². The Morgan fingerprint density at radius 2 is 2.00 bits per heavy atom. The molecule has 0 N–H and O–H groups in total. The molecule has 0 aliphatic carbocycles. The second kappa shape index (κ2) is 4.55. The van der Waals surface area contributed by atoms with Crippen molar-refractivity contribution in [2.75, 3.05) is 31.6 Å².